The minimum atomic E-state index is 0.391. The van der Waals surface area contributed by atoms with Gasteiger partial charge < -0.3 is 9.64 Å². The van der Waals surface area contributed by atoms with Crippen molar-refractivity contribution in [2.75, 3.05) is 24.6 Å². The topological polar surface area (TPSA) is 38.2 Å². The van der Waals surface area contributed by atoms with Crippen molar-refractivity contribution < 1.29 is 4.74 Å². The average Bonchev–Trinajstić information content (AvgIpc) is 3.07. The second-order valence-electron chi connectivity index (χ2n) is 6.43. The van der Waals surface area contributed by atoms with E-state index in [1.807, 2.05) is 6.92 Å². The number of thiophene rings is 1. The van der Waals surface area contributed by atoms with Gasteiger partial charge in [-0.1, -0.05) is 30.3 Å². The molecule has 0 unspecified atom stereocenters. The maximum absolute atomic E-state index is 5.78. The van der Waals surface area contributed by atoms with Crippen LogP contribution in [0.1, 0.15) is 25.6 Å². The Morgan fingerprint density at radius 3 is 2.64 bits per heavy atom. The van der Waals surface area contributed by atoms with Gasteiger partial charge in [-0.05, 0) is 38.3 Å². The average molecular weight is 353 g/mol. The Bertz CT molecular complexity index is 854. The summed E-state index contributed by atoms with van der Waals surface area (Å²) in [6.45, 7) is 6.84. The Morgan fingerprint density at radius 2 is 1.92 bits per heavy atom. The van der Waals surface area contributed by atoms with Crippen LogP contribution in [0.15, 0.2) is 36.4 Å². The number of hydrogen-bond acceptors (Lipinski definition) is 5. The minimum Gasteiger partial charge on any atom is -0.378 e. The maximum Gasteiger partial charge on any atom is 0.141 e. The highest BCUT2D eigenvalue weighted by Crippen LogP contribution is 2.37. The molecule has 2 aromatic heterocycles. The van der Waals surface area contributed by atoms with E-state index in [4.69, 9.17) is 9.72 Å². The van der Waals surface area contributed by atoms with E-state index < -0.39 is 0 Å². The van der Waals surface area contributed by atoms with E-state index in [-0.39, 0.29) is 0 Å². The van der Waals surface area contributed by atoms with Crippen LogP contribution in [0, 0.1) is 6.92 Å². The Morgan fingerprint density at radius 1 is 1.16 bits per heavy atom. The van der Waals surface area contributed by atoms with E-state index in [9.17, 15) is 0 Å². The molecule has 0 bridgehead atoms. The highest BCUT2D eigenvalue weighted by atomic mass is 32.1. The first-order valence-electron chi connectivity index (χ1n) is 8.94. The zero-order chi connectivity index (χ0) is 17.2. The number of nitrogens with zero attached hydrogens (tertiary/aromatic N) is 3. The van der Waals surface area contributed by atoms with E-state index >= 15 is 0 Å². The van der Waals surface area contributed by atoms with Gasteiger partial charge in [-0.2, -0.15) is 0 Å². The third kappa shape index (κ3) is 3.39. The number of benzene rings is 1. The van der Waals surface area contributed by atoms with Crippen molar-refractivity contribution >= 4 is 27.4 Å². The zero-order valence-electron chi connectivity index (χ0n) is 14.7. The fourth-order valence-electron chi connectivity index (χ4n) is 3.47. The number of hydrogen-bond donors (Lipinski definition) is 0. The van der Waals surface area contributed by atoms with Crippen LogP contribution < -0.4 is 4.90 Å². The van der Waals surface area contributed by atoms with Crippen LogP contribution in [0.3, 0.4) is 0 Å². The van der Waals surface area contributed by atoms with Gasteiger partial charge in [-0.3, -0.25) is 0 Å². The summed E-state index contributed by atoms with van der Waals surface area (Å²) in [6.07, 6.45) is 2.52. The van der Waals surface area contributed by atoms with Gasteiger partial charge in [0.25, 0.3) is 0 Å². The van der Waals surface area contributed by atoms with Crippen molar-refractivity contribution in [3.05, 3.63) is 42.2 Å². The molecule has 3 aromatic rings. The first-order chi connectivity index (χ1) is 12.2. The summed E-state index contributed by atoms with van der Waals surface area (Å²) in [5, 5.41) is 1.17. The Hall–Kier alpha value is -1.98. The number of ether oxygens (including phenoxy) is 1. The van der Waals surface area contributed by atoms with Gasteiger partial charge in [0.1, 0.15) is 16.5 Å². The molecular formula is C20H23N3OS. The van der Waals surface area contributed by atoms with E-state index in [0.29, 0.717) is 6.10 Å². The third-order valence-corrected chi connectivity index (χ3v) is 5.76. The van der Waals surface area contributed by atoms with Crippen LogP contribution in [-0.4, -0.2) is 35.8 Å². The van der Waals surface area contributed by atoms with E-state index in [1.165, 1.54) is 15.8 Å². The van der Waals surface area contributed by atoms with Crippen molar-refractivity contribution in [2.45, 2.75) is 32.8 Å². The Balaban J connectivity index is 1.68. The number of anilines is 1. The van der Waals surface area contributed by atoms with E-state index in [2.05, 4.69) is 53.2 Å². The monoisotopic (exact) mass is 353 g/mol. The third-order valence-electron chi connectivity index (χ3n) is 4.69. The van der Waals surface area contributed by atoms with Crippen LogP contribution in [0.5, 0.6) is 0 Å². The molecule has 3 heterocycles. The van der Waals surface area contributed by atoms with E-state index in [1.54, 1.807) is 11.3 Å². The molecule has 0 N–H and O–H groups in total. The largest absolute Gasteiger partial charge is 0.378 e. The molecule has 0 atom stereocenters. The lowest BCUT2D eigenvalue weighted by Gasteiger charge is -2.33. The van der Waals surface area contributed by atoms with Crippen LogP contribution in [0.4, 0.5) is 5.82 Å². The molecule has 0 aliphatic carbocycles. The van der Waals surface area contributed by atoms with E-state index in [0.717, 1.165) is 49.0 Å². The smallest absolute Gasteiger partial charge is 0.141 e. The van der Waals surface area contributed by atoms with Gasteiger partial charge in [0, 0.05) is 24.6 Å². The highest BCUT2D eigenvalue weighted by molar-refractivity contribution is 7.21. The van der Waals surface area contributed by atoms with Gasteiger partial charge in [-0.15, -0.1) is 11.3 Å². The van der Waals surface area contributed by atoms with Crippen LogP contribution >= 0.6 is 11.3 Å². The molecule has 1 aromatic carbocycles. The molecule has 0 amide bonds. The molecule has 0 radical (unpaired) electrons. The molecule has 5 heteroatoms. The highest BCUT2D eigenvalue weighted by Gasteiger charge is 2.23. The molecule has 4 nitrogen and oxygen atoms in total. The molecule has 1 saturated heterocycles. The summed E-state index contributed by atoms with van der Waals surface area (Å²) >= 11 is 1.75. The molecule has 1 aliphatic heterocycles. The lowest BCUT2D eigenvalue weighted by Crippen LogP contribution is -2.37. The van der Waals surface area contributed by atoms with Crippen LogP contribution in [0.25, 0.3) is 20.7 Å². The summed E-state index contributed by atoms with van der Waals surface area (Å²) in [6, 6.07) is 12.8. The van der Waals surface area contributed by atoms with Gasteiger partial charge in [0.15, 0.2) is 0 Å². The normalized spacial score (nSPS) is 15.8. The first kappa shape index (κ1) is 16.5. The molecule has 1 fully saturated rings. The number of aromatic nitrogens is 2. The van der Waals surface area contributed by atoms with Gasteiger partial charge >= 0.3 is 0 Å². The van der Waals surface area contributed by atoms with Crippen molar-refractivity contribution in [1.82, 2.24) is 9.97 Å². The summed E-state index contributed by atoms with van der Waals surface area (Å²) in [5.41, 5.74) is 1.24. The first-order valence-corrected chi connectivity index (χ1v) is 9.76. The summed E-state index contributed by atoms with van der Waals surface area (Å²) in [4.78, 5) is 14.2. The molecule has 25 heavy (non-hydrogen) atoms. The molecule has 0 spiro atoms. The minimum absolute atomic E-state index is 0.391. The van der Waals surface area contributed by atoms with Crippen molar-refractivity contribution in [3.8, 4) is 10.4 Å². The Labute approximate surface area is 152 Å². The number of rotatable bonds is 4. The fraction of sp³-hybridized carbons (Fsp3) is 0.400. The second kappa shape index (κ2) is 7.10. The predicted molar refractivity (Wildman–Crippen MR) is 104 cm³/mol. The van der Waals surface area contributed by atoms with Crippen LogP contribution in [-0.2, 0) is 4.74 Å². The van der Waals surface area contributed by atoms with Gasteiger partial charge in [0.05, 0.1) is 11.5 Å². The predicted octanol–water partition coefficient (Wildman–Crippen LogP) is 4.67. The fourth-order valence-corrected chi connectivity index (χ4v) is 4.54. The molecule has 0 saturated carbocycles. The molecule has 1 aliphatic rings. The zero-order valence-corrected chi connectivity index (χ0v) is 15.6. The van der Waals surface area contributed by atoms with Crippen LogP contribution in [0.2, 0.25) is 0 Å². The molecule has 130 valence electrons. The quantitative estimate of drug-likeness (QED) is 0.683. The lowest BCUT2D eigenvalue weighted by atomic mass is 10.1. The maximum atomic E-state index is 5.78. The number of aryl methyl sites for hydroxylation is 1. The number of fused-ring (bicyclic) bond motifs is 1. The van der Waals surface area contributed by atoms with Crippen molar-refractivity contribution in [1.29, 1.82) is 0 Å². The summed E-state index contributed by atoms with van der Waals surface area (Å²) in [7, 11) is 0. The Kier molecular flexibility index (Phi) is 4.68. The van der Waals surface area contributed by atoms with Crippen molar-refractivity contribution in [2.24, 2.45) is 0 Å². The lowest BCUT2D eigenvalue weighted by molar-refractivity contribution is 0.0459. The van der Waals surface area contributed by atoms with Crippen molar-refractivity contribution in [3.63, 3.8) is 0 Å². The summed E-state index contributed by atoms with van der Waals surface area (Å²) < 4.78 is 5.78. The standard InChI is InChI=1S/C20H23N3OS/c1-3-24-16-9-11-23(12-10-16)19-17-13-18(15-7-5-4-6-8-15)25-20(17)22-14(2)21-19/h4-8,13,16H,3,9-12H2,1-2H3. The van der Waals surface area contributed by atoms with Gasteiger partial charge in [-0.25, -0.2) is 9.97 Å². The summed E-state index contributed by atoms with van der Waals surface area (Å²) in [5.74, 6) is 1.92. The van der Waals surface area contributed by atoms with Gasteiger partial charge in [0.2, 0.25) is 0 Å². The molecular weight excluding hydrogens is 330 g/mol. The SMILES string of the molecule is CCOC1CCN(c2nc(C)nc3sc(-c4ccccc4)cc23)CC1. The number of piperidine rings is 1. The molecule has 4 rings (SSSR count). The second-order valence-corrected chi connectivity index (χ2v) is 7.46.